The number of carbonyl (C=O) groups is 2. The summed E-state index contributed by atoms with van der Waals surface area (Å²) in [5.74, 6) is -1.70. The van der Waals surface area contributed by atoms with E-state index in [1.165, 1.54) is 0 Å². The summed E-state index contributed by atoms with van der Waals surface area (Å²) < 4.78 is 0. The number of hydrogen-bond acceptors (Lipinski definition) is 3. The van der Waals surface area contributed by atoms with Crippen molar-refractivity contribution in [1.29, 1.82) is 0 Å². The summed E-state index contributed by atoms with van der Waals surface area (Å²) in [5.41, 5.74) is 10.2. The van der Waals surface area contributed by atoms with Crippen molar-refractivity contribution in [3.63, 3.8) is 0 Å². The van der Waals surface area contributed by atoms with Crippen LogP contribution >= 0.6 is 0 Å². The summed E-state index contributed by atoms with van der Waals surface area (Å²) in [6.45, 7) is 1.06. The fraction of sp³-hybridized carbons (Fsp3) is 0.714. The van der Waals surface area contributed by atoms with E-state index in [1.807, 2.05) is 11.9 Å². The van der Waals surface area contributed by atoms with Crippen LogP contribution in [0.2, 0.25) is 0 Å². The zero-order valence-electron chi connectivity index (χ0n) is 6.99. The van der Waals surface area contributed by atoms with Crippen LogP contribution in [0.15, 0.2) is 0 Å². The molecule has 2 atom stereocenters. The monoisotopic (exact) mass is 171 g/mol. The molecule has 12 heavy (non-hydrogen) atoms. The van der Waals surface area contributed by atoms with Gasteiger partial charge in [-0.3, -0.25) is 9.59 Å². The molecule has 0 aliphatic carbocycles. The molecule has 0 bridgehead atoms. The third-order valence-corrected chi connectivity index (χ3v) is 2.23. The van der Waals surface area contributed by atoms with E-state index >= 15 is 0 Å². The Bertz CT molecular complexity index is 195. The van der Waals surface area contributed by atoms with E-state index in [4.69, 9.17) is 11.5 Å². The Hall–Kier alpha value is -1.10. The van der Waals surface area contributed by atoms with Gasteiger partial charge in [0, 0.05) is 13.1 Å². The number of hydrogen-bond donors (Lipinski definition) is 2. The van der Waals surface area contributed by atoms with Crippen molar-refractivity contribution < 1.29 is 9.59 Å². The molecule has 0 saturated carbocycles. The lowest BCUT2D eigenvalue weighted by Gasteiger charge is -2.09. The largest absolute Gasteiger partial charge is 0.369 e. The minimum atomic E-state index is -0.442. The molecule has 5 nitrogen and oxygen atoms in total. The summed E-state index contributed by atoms with van der Waals surface area (Å²) in [4.78, 5) is 23.6. The molecule has 4 N–H and O–H groups in total. The Balaban J connectivity index is 2.72. The van der Waals surface area contributed by atoms with Crippen molar-refractivity contribution in [2.45, 2.75) is 0 Å². The van der Waals surface area contributed by atoms with Crippen molar-refractivity contribution >= 4 is 11.8 Å². The molecule has 1 aliphatic heterocycles. The van der Waals surface area contributed by atoms with Crippen molar-refractivity contribution in [3.8, 4) is 0 Å². The molecule has 0 radical (unpaired) electrons. The zero-order chi connectivity index (χ0) is 9.30. The first-order valence-electron chi connectivity index (χ1n) is 3.79. The minimum Gasteiger partial charge on any atom is -0.369 e. The minimum absolute atomic E-state index is 0.410. The normalized spacial score (nSPS) is 30.4. The Morgan fingerprint density at radius 3 is 1.75 bits per heavy atom. The Labute approximate surface area is 70.7 Å². The highest BCUT2D eigenvalue weighted by Crippen LogP contribution is 2.21. The smallest absolute Gasteiger partial charge is 0.222 e. The molecule has 1 fully saturated rings. The summed E-state index contributed by atoms with van der Waals surface area (Å²) in [7, 11) is 1.83. The number of amides is 2. The number of likely N-dealkylation sites (tertiary alicyclic amines) is 1. The van der Waals surface area contributed by atoms with Gasteiger partial charge < -0.3 is 16.4 Å². The quantitative estimate of drug-likeness (QED) is 0.510. The SMILES string of the molecule is CN1C[C@@H](C(N)=O)[C@H](C(N)=O)C1. The molecular formula is C7H13N3O2. The van der Waals surface area contributed by atoms with Gasteiger partial charge >= 0.3 is 0 Å². The van der Waals surface area contributed by atoms with E-state index < -0.39 is 23.7 Å². The molecule has 0 unspecified atom stereocenters. The molecule has 68 valence electrons. The lowest BCUT2D eigenvalue weighted by atomic mass is 9.95. The summed E-state index contributed by atoms with van der Waals surface area (Å²) in [5, 5.41) is 0. The van der Waals surface area contributed by atoms with Gasteiger partial charge in [0.05, 0.1) is 11.8 Å². The fourth-order valence-corrected chi connectivity index (χ4v) is 1.58. The highest BCUT2D eigenvalue weighted by Gasteiger charge is 2.38. The van der Waals surface area contributed by atoms with Gasteiger partial charge in [-0.15, -0.1) is 0 Å². The molecule has 1 saturated heterocycles. The van der Waals surface area contributed by atoms with Gasteiger partial charge in [0.2, 0.25) is 11.8 Å². The predicted molar refractivity (Wildman–Crippen MR) is 42.9 cm³/mol. The lowest BCUT2D eigenvalue weighted by molar-refractivity contribution is -0.129. The molecule has 0 aromatic rings. The maximum atomic E-state index is 10.8. The molecule has 0 spiro atoms. The van der Waals surface area contributed by atoms with E-state index in [1.54, 1.807) is 0 Å². The first-order chi connectivity index (χ1) is 5.52. The van der Waals surface area contributed by atoms with Crippen molar-refractivity contribution in [2.75, 3.05) is 20.1 Å². The van der Waals surface area contributed by atoms with Crippen LogP contribution in [-0.4, -0.2) is 36.9 Å². The summed E-state index contributed by atoms with van der Waals surface area (Å²) in [6.07, 6.45) is 0. The topological polar surface area (TPSA) is 89.4 Å². The van der Waals surface area contributed by atoms with Crippen LogP contribution in [0.3, 0.4) is 0 Å². The highest BCUT2D eigenvalue weighted by atomic mass is 16.2. The number of nitrogens with two attached hydrogens (primary N) is 2. The van der Waals surface area contributed by atoms with E-state index in [0.29, 0.717) is 13.1 Å². The summed E-state index contributed by atoms with van der Waals surface area (Å²) >= 11 is 0. The number of rotatable bonds is 2. The number of primary amides is 2. The van der Waals surface area contributed by atoms with Gasteiger partial charge in [0.15, 0.2) is 0 Å². The van der Waals surface area contributed by atoms with Crippen LogP contribution in [0, 0.1) is 11.8 Å². The highest BCUT2D eigenvalue weighted by molar-refractivity contribution is 5.86. The second-order valence-electron chi connectivity index (χ2n) is 3.24. The molecule has 0 aromatic carbocycles. The average Bonchev–Trinajstić information content (AvgIpc) is 2.31. The van der Waals surface area contributed by atoms with Gasteiger partial charge in [0.1, 0.15) is 0 Å². The van der Waals surface area contributed by atoms with Gasteiger partial charge in [-0.2, -0.15) is 0 Å². The van der Waals surface area contributed by atoms with Gasteiger partial charge in [-0.1, -0.05) is 0 Å². The number of carbonyl (C=O) groups excluding carboxylic acids is 2. The van der Waals surface area contributed by atoms with E-state index in [2.05, 4.69) is 0 Å². The van der Waals surface area contributed by atoms with Crippen LogP contribution in [0.4, 0.5) is 0 Å². The van der Waals surface area contributed by atoms with Crippen molar-refractivity contribution in [3.05, 3.63) is 0 Å². The van der Waals surface area contributed by atoms with Gasteiger partial charge in [0.25, 0.3) is 0 Å². The lowest BCUT2D eigenvalue weighted by Crippen LogP contribution is -2.36. The first kappa shape index (κ1) is 8.99. The zero-order valence-corrected chi connectivity index (χ0v) is 6.99. The molecule has 1 aliphatic rings. The first-order valence-corrected chi connectivity index (χ1v) is 3.79. The molecule has 0 aromatic heterocycles. The molecule has 1 rings (SSSR count). The molecule has 5 heteroatoms. The summed E-state index contributed by atoms with van der Waals surface area (Å²) in [6, 6.07) is 0. The third-order valence-electron chi connectivity index (χ3n) is 2.23. The van der Waals surface area contributed by atoms with Crippen LogP contribution in [-0.2, 0) is 9.59 Å². The average molecular weight is 171 g/mol. The van der Waals surface area contributed by atoms with Gasteiger partial charge in [-0.05, 0) is 7.05 Å². The predicted octanol–water partition coefficient (Wildman–Crippen LogP) is -1.87. The second-order valence-corrected chi connectivity index (χ2v) is 3.24. The Morgan fingerprint density at radius 2 is 1.50 bits per heavy atom. The third kappa shape index (κ3) is 1.55. The Morgan fingerprint density at radius 1 is 1.17 bits per heavy atom. The maximum absolute atomic E-state index is 10.8. The maximum Gasteiger partial charge on any atom is 0.222 e. The second kappa shape index (κ2) is 3.10. The Kier molecular flexibility index (Phi) is 2.32. The fourth-order valence-electron chi connectivity index (χ4n) is 1.58. The molecular weight excluding hydrogens is 158 g/mol. The van der Waals surface area contributed by atoms with Gasteiger partial charge in [-0.25, -0.2) is 0 Å². The van der Waals surface area contributed by atoms with Crippen LogP contribution < -0.4 is 11.5 Å². The van der Waals surface area contributed by atoms with E-state index in [-0.39, 0.29) is 0 Å². The van der Waals surface area contributed by atoms with E-state index in [0.717, 1.165) is 0 Å². The van der Waals surface area contributed by atoms with Crippen molar-refractivity contribution in [1.82, 2.24) is 4.90 Å². The van der Waals surface area contributed by atoms with E-state index in [9.17, 15) is 9.59 Å². The standard InChI is InChI=1S/C7H13N3O2/c1-10-2-4(6(8)11)5(3-10)7(9)12/h4-5H,2-3H2,1H3,(H2,8,11)(H2,9,12)/t4-,5-/m1/s1. The van der Waals surface area contributed by atoms with Crippen LogP contribution in [0.1, 0.15) is 0 Å². The molecule has 1 heterocycles. The van der Waals surface area contributed by atoms with Crippen LogP contribution in [0.25, 0.3) is 0 Å². The van der Waals surface area contributed by atoms with Crippen molar-refractivity contribution in [2.24, 2.45) is 23.3 Å². The van der Waals surface area contributed by atoms with Crippen LogP contribution in [0.5, 0.6) is 0 Å². The number of nitrogens with zero attached hydrogens (tertiary/aromatic N) is 1. The molecule has 2 amide bonds.